The Bertz CT molecular complexity index is 557. The number of fused-ring (bicyclic) bond motifs is 3. The lowest BCUT2D eigenvalue weighted by molar-refractivity contribution is -0.117. The van der Waals surface area contributed by atoms with Gasteiger partial charge in [0, 0.05) is 19.2 Å². The molecular formula is C18H24N2O2. The second-order valence-corrected chi connectivity index (χ2v) is 6.44. The third-order valence-electron chi connectivity index (χ3n) is 4.77. The maximum absolute atomic E-state index is 12.1. The minimum Gasteiger partial charge on any atom is -0.387 e. The molecule has 4 nitrogen and oxygen atoms in total. The molecule has 1 atom stereocenters. The van der Waals surface area contributed by atoms with E-state index >= 15 is 0 Å². The predicted octanol–water partition coefficient (Wildman–Crippen LogP) is 1.80. The van der Waals surface area contributed by atoms with Crippen molar-refractivity contribution in [2.75, 3.05) is 26.2 Å². The molecule has 3 fully saturated rings. The summed E-state index contributed by atoms with van der Waals surface area (Å²) < 4.78 is 0. The number of nitrogens with one attached hydrogen (secondary N) is 1. The maximum Gasteiger partial charge on any atom is 0.244 e. The summed E-state index contributed by atoms with van der Waals surface area (Å²) in [5, 5.41) is 12.9. The zero-order valence-corrected chi connectivity index (χ0v) is 13.1. The molecule has 3 saturated heterocycles. The monoisotopic (exact) mass is 300 g/mol. The largest absolute Gasteiger partial charge is 0.387 e. The standard InChI is InChI=1S/C18H24N2O2/c1-13-2-4-15(5-3-13)17(21)11-19-18(22)10-16-12-20-8-6-14(16)7-9-20/h2-5,10,14,17,21H,6-9,11-12H2,1H3,(H,19,22)/b16-10-. The number of benzene rings is 1. The van der Waals surface area contributed by atoms with Crippen molar-refractivity contribution in [3.05, 3.63) is 47.0 Å². The Labute approximate surface area is 131 Å². The summed E-state index contributed by atoms with van der Waals surface area (Å²) in [6.45, 7) is 5.52. The highest BCUT2D eigenvalue weighted by Gasteiger charge is 2.29. The molecule has 1 amide bonds. The first-order chi connectivity index (χ1) is 10.6. The lowest BCUT2D eigenvalue weighted by Crippen LogP contribution is -2.43. The number of aliphatic hydroxyl groups excluding tert-OH is 1. The summed E-state index contributed by atoms with van der Waals surface area (Å²) in [6, 6.07) is 7.74. The van der Waals surface area contributed by atoms with E-state index in [4.69, 9.17) is 0 Å². The van der Waals surface area contributed by atoms with Crippen molar-refractivity contribution in [1.29, 1.82) is 0 Å². The van der Waals surface area contributed by atoms with Crippen molar-refractivity contribution in [3.63, 3.8) is 0 Å². The van der Waals surface area contributed by atoms with E-state index in [1.807, 2.05) is 31.2 Å². The molecule has 1 aromatic rings. The van der Waals surface area contributed by atoms with Gasteiger partial charge in [0.15, 0.2) is 0 Å². The van der Waals surface area contributed by atoms with E-state index in [9.17, 15) is 9.90 Å². The summed E-state index contributed by atoms with van der Waals surface area (Å²) in [5.41, 5.74) is 3.24. The van der Waals surface area contributed by atoms with Crippen LogP contribution in [0.3, 0.4) is 0 Å². The number of carbonyl (C=O) groups excluding carboxylic acids is 1. The normalized spacial score (nSPS) is 26.9. The van der Waals surface area contributed by atoms with Gasteiger partial charge in [0.1, 0.15) is 0 Å². The van der Waals surface area contributed by atoms with Gasteiger partial charge < -0.3 is 10.4 Å². The number of hydrogen-bond donors (Lipinski definition) is 2. The lowest BCUT2D eigenvalue weighted by Gasteiger charge is -2.40. The third kappa shape index (κ3) is 3.57. The average Bonchev–Trinajstić information content (AvgIpc) is 2.54. The fourth-order valence-electron chi connectivity index (χ4n) is 3.34. The summed E-state index contributed by atoms with van der Waals surface area (Å²) in [4.78, 5) is 14.5. The van der Waals surface area contributed by atoms with E-state index in [1.165, 1.54) is 18.4 Å². The van der Waals surface area contributed by atoms with Gasteiger partial charge in [0.25, 0.3) is 0 Å². The van der Waals surface area contributed by atoms with Crippen LogP contribution in [0.4, 0.5) is 0 Å². The lowest BCUT2D eigenvalue weighted by atomic mass is 9.83. The smallest absolute Gasteiger partial charge is 0.244 e. The van der Waals surface area contributed by atoms with Crippen molar-refractivity contribution >= 4 is 5.91 Å². The average molecular weight is 300 g/mol. The van der Waals surface area contributed by atoms with E-state index in [2.05, 4.69) is 10.2 Å². The minimum absolute atomic E-state index is 0.0880. The highest BCUT2D eigenvalue weighted by molar-refractivity contribution is 5.88. The Kier molecular flexibility index (Phi) is 4.60. The van der Waals surface area contributed by atoms with Crippen LogP contribution < -0.4 is 5.32 Å². The Balaban J connectivity index is 1.53. The number of carbonyl (C=O) groups is 1. The fourth-order valence-corrected chi connectivity index (χ4v) is 3.34. The van der Waals surface area contributed by atoms with Crippen LogP contribution in [-0.4, -0.2) is 42.1 Å². The van der Waals surface area contributed by atoms with Crippen molar-refractivity contribution in [3.8, 4) is 0 Å². The third-order valence-corrected chi connectivity index (χ3v) is 4.77. The van der Waals surface area contributed by atoms with E-state index in [1.54, 1.807) is 6.08 Å². The van der Waals surface area contributed by atoms with Gasteiger partial charge in [0.2, 0.25) is 5.91 Å². The first-order valence-electron chi connectivity index (χ1n) is 8.07. The van der Waals surface area contributed by atoms with Gasteiger partial charge in [-0.15, -0.1) is 0 Å². The van der Waals surface area contributed by atoms with Gasteiger partial charge in [-0.25, -0.2) is 0 Å². The number of hydrogen-bond acceptors (Lipinski definition) is 3. The highest BCUT2D eigenvalue weighted by Crippen LogP contribution is 2.31. The molecule has 1 aromatic carbocycles. The SMILES string of the molecule is Cc1ccc(C(O)CNC(=O)/C=C2/CN3CCC2CC3)cc1. The zero-order chi connectivity index (χ0) is 15.5. The van der Waals surface area contributed by atoms with Crippen molar-refractivity contribution in [2.45, 2.75) is 25.9 Å². The maximum atomic E-state index is 12.1. The molecule has 0 radical (unpaired) electrons. The van der Waals surface area contributed by atoms with Gasteiger partial charge in [-0.2, -0.15) is 0 Å². The van der Waals surface area contributed by atoms with Gasteiger partial charge in [-0.05, 0) is 49.9 Å². The molecule has 2 N–H and O–H groups in total. The summed E-state index contributed by atoms with van der Waals surface area (Å²) >= 11 is 0. The van der Waals surface area contributed by atoms with Crippen LogP contribution >= 0.6 is 0 Å². The Hall–Kier alpha value is -1.65. The fraction of sp³-hybridized carbons (Fsp3) is 0.500. The summed E-state index contributed by atoms with van der Waals surface area (Å²) in [6.07, 6.45) is 3.43. The van der Waals surface area contributed by atoms with Crippen LogP contribution in [0.2, 0.25) is 0 Å². The Morgan fingerprint density at radius 3 is 2.64 bits per heavy atom. The molecule has 4 heteroatoms. The molecule has 0 aromatic heterocycles. The number of aliphatic hydroxyl groups is 1. The van der Waals surface area contributed by atoms with E-state index in [0.29, 0.717) is 5.92 Å². The molecule has 3 aliphatic rings. The topological polar surface area (TPSA) is 52.6 Å². The van der Waals surface area contributed by atoms with Crippen molar-refractivity contribution in [1.82, 2.24) is 10.2 Å². The molecule has 0 aliphatic carbocycles. The van der Waals surface area contributed by atoms with Crippen LogP contribution in [0.25, 0.3) is 0 Å². The minimum atomic E-state index is -0.658. The van der Waals surface area contributed by atoms with Crippen LogP contribution in [0.5, 0.6) is 0 Å². The molecule has 22 heavy (non-hydrogen) atoms. The second-order valence-electron chi connectivity index (χ2n) is 6.44. The molecule has 3 aliphatic heterocycles. The number of aryl methyl sites for hydroxylation is 1. The molecule has 0 saturated carbocycles. The Morgan fingerprint density at radius 2 is 2.05 bits per heavy atom. The molecule has 3 heterocycles. The van der Waals surface area contributed by atoms with Crippen LogP contribution in [0.15, 0.2) is 35.9 Å². The van der Waals surface area contributed by atoms with Gasteiger partial charge in [-0.3, -0.25) is 9.69 Å². The predicted molar refractivity (Wildman–Crippen MR) is 86.4 cm³/mol. The number of amides is 1. The van der Waals surface area contributed by atoms with Gasteiger partial charge in [-0.1, -0.05) is 29.8 Å². The highest BCUT2D eigenvalue weighted by atomic mass is 16.3. The molecule has 4 rings (SSSR count). The molecule has 118 valence electrons. The van der Waals surface area contributed by atoms with Gasteiger partial charge >= 0.3 is 0 Å². The zero-order valence-electron chi connectivity index (χ0n) is 13.1. The quantitative estimate of drug-likeness (QED) is 0.834. The summed E-state index contributed by atoms with van der Waals surface area (Å²) in [5.74, 6) is 0.493. The van der Waals surface area contributed by atoms with Crippen LogP contribution in [0, 0.1) is 12.8 Å². The van der Waals surface area contributed by atoms with Crippen molar-refractivity contribution in [2.24, 2.45) is 5.92 Å². The number of nitrogens with zero attached hydrogens (tertiary/aromatic N) is 1. The van der Waals surface area contributed by atoms with Crippen LogP contribution in [0.1, 0.15) is 30.1 Å². The Morgan fingerprint density at radius 1 is 1.36 bits per heavy atom. The van der Waals surface area contributed by atoms with E-state index < -0.39 is 6.10 Å². The molecular weight excluding hydrogens is 276 g/mol. The van der Waals surface area contributed by atoms with Gasteiger partial charge in [0.05, 0.1) is 6.10 Å². The van der Waals surface area contributed by atoms with Crippen LogP contribution in [-0.2, 0) is 4.79 Å². The second kappa shape index (κ2) is 6.63. The molecule has 0 spiro atoms. The number of piperidine rings is 3. The van der Waals surface area contributed by atoms with Crippen molar-refractivity contribution < 1.29 is 9.90 Å². The molecule has 1 unspecified atom stereocenters. The molecule has 2 bridgehead atoms. The van der Waals surface area contributed by atoms with E-state index in [-0.39, 0.29) is 12.5 Å². The first kappa shape index (κ1) is 15.3. The van der Waals surface area contributed by atoms with E-state index in [0.717, 1.165) is 30.8 Å². The first-order valence-corrected chi connectivity index (χ1v) is 8.07. The number of rotatable bonds is 4. The summed E-state index contributed by atoms with van der Waals surface area (Å²) in [7, 11) is 0.